The molecule has 0 fully saturated rings. The fraction of sp³-hybridized carbons (Fsp3) is 0.100. The van der Waals surface area contributed by atoms with Gasteiger partial charge in [-0.1, -0.05) is 56.1 Å². The third-order valence-electron chi connectivity index (χ3n) is 3.58. The lowest BCUT2D eigenvalue weighted by atomic mass is 10.2. The van der Waals surface area contributed by atoms with Crippen LogP contribution in [0.15, 0.2) is 73.5 Å². The van der Waals surface area contributed by atoms with Crippen LogP contribution in [0, 0.1) is 0 Å². The SMILES string of the molecule is Nc1nc(CN=Cc2ccc(Br)cc2)cc(CN=Cc2ccc(Br)cc2)n1. The number of nitrogens with zero attached hydrogens (tertiary/aromatic N) is 4. The summed E-state index contributed by atoms with van der Waals surface area (Å²) in [6.45, 7) is 0.873. The Morgan fingerprint density at radius 1 is 0.741 bits per heavy atom. The van der Waals surface area contributed by atoms with Gasteiger partial charge >= 0.3 is 0 Å². The maximum Gasteiger partial charge on any atom is 0.220 e. The van der Waals surface area contributed by atoms with Crippen LogP contribution in [0.2, 0.25) is 0 Å². The molecule has 0 radical (unpaired) electrons. The maximum atomic E-state index is 5.82. The zero-order chi connectivity index (χ0) is 19.1. The minimum atomic E-state index is 0.236. The lowest BCUT2D eigenvalue weighted by Gasteiger charge is -2.02. The van der Waals surface area contributed by atoms with Crippen molar-refractivity contribution in [3.8, 4) is 0 Å². The first-order chi connectivity index (χ1) is 13.1. The first kappa shape index (κ1) is 19.4. The van der Waals surface area contributed by atoms with Crippen LogP contribution in [0.1, 0.15) is 22.5 Å². The van der Waals surface area contributed by atoms with E-state index in [9.17, 15) is 0 Å². The average Bonchev–Trinajstić information content (AvgIpc) is 2.65. The molecule has 27 heavy (non-hydrogen) atoms. The Morgan fingerprint density at radius 2 is 1.15 bits per heavy atom. The largest absolute Gasteiger partial charge is 0.368 e. The van der Waals surface area contributed by atoms with Gasteiger partial charge in [0.05, 0.1) is 24.5 Å². The first-order valence-corrected chi connectivity index (χ1v) is 9.80. The predicted octanol–water partition coefficient (Wildman–Crippen LogP) is 4.82. The van der Waals surface area contributed by atoms with Crippen LogP contribution in [0.25, 0.3) is 0 Å². The van der Waals surface area contributed by atoms with Crippen molar-refractivity contribution in [3.05, 3.63) is 86.1 Å². The molecule has 3 aromatic rings. The van der Waals surface area contributed by atoms with Crippen LogP contribution in [-0.4, -0.2) is 22.4 Å². The van der Waals surface area contributed by atoms with E-state index >= 15 is 0 Å². The molecule has 7 heteroatoms. The zero-order valence-corrected chi connectivity index (χ0v) is 17.6. The van der Waals surface area contributed by atoms with Gasteiger partial charge in [0.15, 0.2) is 0 Å². The molecule has 2 N–H and O–H groups in total. The lowest BCUT2D eigenvalue weighted by molar-refractivity contribution is 0.918. The highest BCUT2D eigenvalue weighted by molar-refractivity contribution is 9.10. The van der Waals surface area contributed by atoms with Crippen molar-refractivity contribution in [1.29, 1.82) is 0 Å². The smallest absolute Gasteiger partial charge is 0.220 e. The molecule has 0 aliphatic carbocycles. The van der Waals surface area contributed by atoms with Gasteiger partial charge in [0.25, 0.3) is 0 Å². The number of benzene rings is 2. The summed E-state index contributed by atoms with van der Waals surface area (Å²) in [5.41, 5.74) is 9.41. The molecule has 5 nitrogen and oxygen atoms in total. The van der Waals surface area contributed by atoms with Crippen molar-refractivity contribution in [2.45, 2.75) is 13.1 Å². The fourth-order valence-corrected chi connectivity index (χ4v) is 2.85. The quantitative estimate of drug-likeness (QED) is 0.507. The summed E-state index contributed by atoms with van der Waals surface area (Å²) in [6.07, 6.45) is 3.63. The highest BCUT2D eigenvalue weighted by Crippen LogP contribution is 2.11. The Morgan fingerprint density at radius 3 is 1.56 bits per heavy atom. The molecule has 0 spiro atoms. The summed E-state index contributed by atoms with van der Waals surface area (Å²) in [6, 6.07) is 17.8. The Bertz CT molecular complexity index is 875. The van der Waals surface area contributed by atoms with Crippen molar-refractivity contribution < 1.29 is 0 Å². The molecule has 0 unspecified atom stereocenters. The summed E-state index contributed by atoms with van der Waals surface area (Å²) in [5, 5.41) is 0. The number of anilines is 1. The number of hydrogen-bond acceptors (Lipinski definition) is 5. The number of nitrogens with two attached hydrogens (primary N) is 1. The number of halogens is 2. The molecule has 0 bridgehead atoms. The van der Waals surface area contributed by atoms with Crippen molar-refractivity contribution >= 4 is 50.2 Å². The van der Waals surface area contributed by atoms with Crippen LogP contribution in [-0.2, 0) is 13.1 Å². The minimum absolute atomic E-state index is 0.236. The minimum Gasteiger partial charge on any atom is -0.368 e. The van der Waals surface area contributed by atoms with E-state index in [2.05, 4.69) is 51.8 Å². The number of nitrogen functional groups attached to an aromatic ring is 1. The molecule has 0 saturated carbocycles. The number of rotatable bonds is 6. The van der Waals surface area contributed by atoms with Gasteiger partial charge in [-0.2, -0.15) is 0 Å². The lowest BCUT2D eigenvalue weighted by Crippen LogP contribution is -2.02. The van der Waals surface area contributed by atoms with Crippen molar-refractivity contribution in [2.75, 3.05) is 5.73 Å². The fourth-order valence-electron chi connectivity index (χ4n) is 2.32. The van der Waals surface area contributed by atoms with E-state index in [0.717, 1.165) is 31.5 Å². The molecule has 3 rings (SSSR count). The van der Waals surface area contributed by atoms with E-state index in [1.807, 2.05) is 67.0 Å². The van der Waals surface area contributed by atoms with Crippen LogP contribution in [0.4, 0.5) is 5.95 Å². The van der Waals surface area contributed by atoms with Gasteiger partial charge in [-0.15, -0.1) is 0 Å². The molecule has 136 valence electrons. The summed E-state index contributed by atoms with van der Waals surface area (Å²) in [5.74, 6) is 0.236. The maximum absolute atomic E-state index is 5.82. The van der Waals surface area contributed by atoms with Crippen molar-refractivity contribution in [3.63, 3.8) is 0 Å². The van der Waals surface area contributed by atoms with Gasteiger partial charge in [0.1, 0.15) is 0 Å². The number of aliphatic imine (C=N–C) groups is 2. The zero-order valence-electron chi connectivity index (χ0n) is 14.4. The van der Waals surface area contributed by atoms with Crippen molar-refractivity contribution in [2.24, 2.45) is 9.98 Å². The Kier molecular flexibility index (Phi) is 6.84. The van der Waals surface area contributed by atoms with Gasteiger partial charge in [0, 0.05) is 21.4 Å². The first-order valence-electron chi connectivity index (χ1n) is 8.21. The van der Waals surface area contributed by atoms with Gasteiger partial charge in [-0.3, -0.25) is 9.98 Å². The van der Waals surface area contributed by atoms with Crippen LogP contribution >= 0.6 is 31.9 Å². The number of hydrogen-bond donors (Lipinski definition) is 1. The second-order valence-electron chi connectivity index (χ2n) is 5.75. The second-order valence-corrected chi connectivity index (χ2v) is 7.58. The molecule has 1 heterocycles. The molecule has 2 aromatic carbocycles. The molecule has 0 saturated heterocycles. The van der Waals surface area contributed by atoms with Crippen LogP contribution < -0.4 is 5.73 Å². The average molecular weight is 487 g/mol. The summed E-state index contributed by atoms with van der Waals surface area (Å²) in [7, 11) is 0. The monoisotopic (exact) mass is 485 g/mol. The predicted molar refractivity (Wildman–Crippen MR) is 117 cm³/mol. The standard InChI is InChI=1S/C20H17Br2N5/c21-16-5-1-14(2-6-16)10-24-12-18-9-19(27-20(23)26-18)13-25-11-15-3-7-17(22)8-4-15/h1-11H,12-13H2,(H2,23,26,27). The Hall–Kier alpha value is -2.38. The van der Waals surface area contributed by atoms with Gasteiger partial charge < -0.3 is 5.73 Å². The topological polar surface area (TPSA) is 76.5 Å². The van der Waals surface area contributed by atoms with E-state index in [0.29, 0.717) is 13.1 Å². The highest BCUT2D eigenvalue weighted by atomic mass is 79.9. The van der Waals surface area contributed by atoms with Crippen molar-refractivity contribution in [1.82, 2.24) is 9.97 Å². The van der Waals surface area contributed by atoms with Gasteiger partial charge in [-0.05, 0) is 41.5 Å². The molecule has 0 atom stereocenters. The second kappa shape index (κ2) is 9.53. The molecular formula is C20H17Br2N5. The third-order valence-corrected chi connectivity index (χ3v) is 4.63. The van der Waals surface area contributed by atoms with E-state index < -0.39 is 0 Å². The summed E-state index contributed by atoms with van der Waals surface area (Å²) < 4.78 is 2.08. The normalized spacial score (nSPS) is 11.5. The summed E-state index contributed by atoms with van der Waals surface area (Å²) in [4.78, 5) is 17.3. The molecule has 1 aromatic heterocycles. The summed E-state index contributed by atoms with van der Waals surface area (Å²) >= 11 is 6.83. The Balaban J connectivity index is 1.63. The molecular weight excluding hydrogens is 470 g/mol. The molecule has 0 aliphatic heterocycles. The third kappa shape index (κ3) is 6.37. The van der Waals surface area contributed by atoms with E-state index in [1.54, 1.807) is 0 Å². The number of aromatic nitrogens is 2. The van der Waals surface area contributed by atoms with Gasteiger partial charge in [0.2, 0.25) is 5.95 Å². The Labute approximate surface area is 174 Å². The van der Waals surface area contributed by atoms with Crippen LogP contribution in [0.5, 0.6) is 0 Å². The molecule has 0 aliphatic rings. The van der Waals surface area contributed by atoms with Gasteiger partial charge in [-0.25, -0.2) is 9.97 Å². The van der Waals surface area contributed by atoms with Crippen LogP contribution in [0.3, 0.4) is 0 Å². The van der Waals surface area contributed by atoms with E-state index in [-0.39, 0.29) is 5.95 Å². The van der Waals surface area contributed by atoms with E-state index in [4.69, 9.17) is 5.73 Å². The van der Waals surface area contributed by atoms with E-state index in [1.165, 1.54) is 0 Å². The highest BCUT2D eigenvalue weighted by Gasteiger charge is 2.01. The molecule has 0 amide bonds.